The SMILES string of the molecule is CN(C)CCCN(CCCN(C)C)C(=O)C(F)(F)C(F)F. The van der Waals surface area contributed by atoms with Gasteiger partial charge in [-0.25, -0.2) is 8.78 Å². The molecule has 0 heterocycles. The largest absolute Gasteiger partial charge is 0.383 e. The lowest BCUT2D eigenvalue weighted by molar-refractivity contribution is -0.180. The lowest BCUT2D eigenvalue weighted by Gasteiger charge is -2.27. The van der Waals surface area contributed by atoms with Crippen LogP contribution in [0.25, 0.3) is 0 Å². The highest BCUT2D eigenvalue weighted by Crippen LogP contribution is 2.25. The highest BCUT2D eigenvalue weighted by molar-refractivity contribution is 5.84. The molecule has 0 bridgehead atoms. The standard InChI is InChI=1S/C13H25F4N3O/c1-18(2)7-5-9-20(10-6-8-19(3)4)12(21)13(16,17)11(14)15/h11H,5-10H2,1-4H3. The lowest BCUT2D eigenvalue weighted by atomic mass is 10.2. The van der Waals surface area contributed by atoms with E-state index >= 15 is 0 Å². The average Bonchev–Trinajstić information content (AvgIpc) is 2.35. The molecule has 0 atom stereocenters. The summed E-state index contributed by atoms with van der Waals surface area (Å²) in [6.07, 6.45) is -3.06. The van der Waals surface area contributed by atoms with Gasteiger partial charge in [-0.1, -0.05) is 0 Å². The minimum atomic E-state index is -4.61. The van der Waals surface area contributed by atoms with Gasteiger partial charge in [0.05, 0.1) is 0 Å². The van der Waals surface area contributed by atoms with E-state index in [2.05, 4.69) is 0 Å². The number of alkyl halides is 4. The summed E-state index contributed by atoms with van der Waals surface area (Å²) < 4.78 is 51.0. The van der Waals surface area contributed by atoms with Gasteiger partial charge in [0, 0.05) is 13.1 Å². The van der Waals surface area contributed by atoms with Crippen molar-refractivity contribution in [2.24, 2.45) is 0 Å². The van der Waals surface area contributed by atoms with Crippen LogP contribution >= 0.6 is 0 Å². The zero-order valence-corrected chi connectivity index (χ0v) is 13.1. The molecular weight excluding hydrogens is 290 g/mol. The number of rotatable bonds is 10. The van der Waals surface area contributed by atoms with Gasteiger partial charge in [-0.05, 0) is 54.1 Å². The first-order valence-electron chi connectivity index (χ1n) is 6.83. The number of halogens is 4. The van der Waals surface area contributed by atoms with Gasteiger partial charge < -0.3 is 14.7 Å². The van der Waals surface area contributed by atoms with Crippen molar-refractivity contribution in [1.29, 1.82) is 0 Å². The van der Waals surface area contributed by atoms with Crippen LogP contribution in [0.1, 0.15) is 12.8 Å². The normalized spacial score (nSPS) is 12.5. The van der Waals surface area contributed by atoms with E-state index < -0.39 is 18.3 Å². The fraction of sp³-hybridized carbons (Fsp3) is 0.923. The molecule has 0 N–H and O–H groups in total. The maximum Gasteiger partial charge on any atom is 0.383 e. The molecule has 0 radical (unpaired) electrons. The zero-order valence-electron chi connectivity index (χ0n) is 13.1. The zero-order chi connectivity index (χ0) is 16.6. The molecule has 4 nitrogen and oxygen atoms in total. The Balaban J connectivity index is 4.65. The predicted molar refractivity (Wildman–Crippen MR) is 73.9 cm³/mol. The number of hydrogen-bond donors (Lipinski definition) is 0. The minimum Gasteiger partial charge on any atom is -0.337 e. The van der Waals surface area contributed by atoms with E-state index in [4.69, 9.17) is 0 Å². The van der Waals surface area contributed by atoms with Crippen molar-refractivity contribution in [2.45, 2.75) is 25.2 Å². The fourth-order valence-corrected chi connectivity index (χ4v) is 1.77. The van der Waals surface area contributed by atoms with Crippen molar-refractivity contribution in [3.63, 3.8) is 0 Å². The molecule has 8 heteroatoms. The van der Waals surface area contributed by atoms with Gasteiger partial charge in [-0.2, -0.15) is 8.78 Å². The lowest BCUT2D eigenvalue weighted by Crippen LogP contribution is -2.49. The van der Waals surface area contributed by atoms with Crippen LogP contribution in [0, 0.1) is 0 Å². The number of carbonyl (C=O) groups excluding carboxylic acids is 1. The fourth-order valence-electron chi connectivity index (χ4n) is 1.77. The Labute approximate surface area is 123 Å². The molecule has 0 aromatic rings. The molecule has 0 unspecified atom stereocenters. The summed E-state index contributed by atoms with van der Waals surface area (Å²) in [4.78, 5) is 16.2. The molecule has 1 amide bonds. The van der Waals surface area contributed by atoms with Crippen molar-refractivity contribution >= 4 is 5.91 Å². The van der Waals surface area contributed by atoms with Crippen LogP contribution in [0.15, 0.2) is 0 Å². The van der Waals surface area contributed by atoms with Gasteiger partial charge in [0.15, 0.2) is 0 Å². The minimum absolute atomic E-state index is 0.0484. The van der Waals surface area contributed by atoms with Gasteiger partial charge in [0.1, 0.15) is 0 Å². The molecule has 0 aromatic carbocycles. The Kier molecular flexibility index (Phi) is 8.80. The number of nitrogens with zero attached hydrogens (tertiary/aromatic N) is 3. The van der Waals surface area contributed by atoms with Crippen LogP contribution in [0.5, 0.6) is 0 Å². The van der Waals surface area contributed by atoms with E-state index in [0.717, 1.165) is 4.90 Å². The van der Waals surface area contributed by atoms with Crippen molar-refractivity contribution in [2.75, 3.05) is 54.4 Å². The maximum absolute atomic E-state index is 13.2. The highest BCUT2D eigenvalue weighted by Gasteiger charge is 2.50. The van der Waals surface area contributed by atoms with E-state index in [1.165, 1.54) is 0 Å². The monoisotopic (exact) mass is 315 g/mol. The van der Waals surface area contributed by atoms with Crippen molar-refractivity contribution in [3.8, 4) is 0 Å². The Morgan fingerprint density at radius 2 is 1.29 bits per heavy atom. The van der Waals surface area contributed by atoms with Crippen molar-refractivity contribution < 1.29 is 22.4 Å². The van der Waals surface area contributed by atoms with Gasteiger partial charge in [-0.3, -0.25) is 4.79 Å². The first-order chi connectivity index (χ1) is 9.59. The van der Waals surface area contributed by atoms with Crippen LogP contribution in [0.2, 0.25) is 0 Å². The third kappa shape index (κ3) is 7.61. The smallest absolute Gasteiger partial charge is 0.337 e. The second-order valence-electron chi connectivity index (χ2n) is 5.53. The Morgan fingerprint density at radius 3 is 1.57 bits per heavy atom. The first kappa shape index (κ1) is 20.1. The van der Waals surface area contributed by atoms with E-state index in [-0.39, 0.29) is 13.1 Å². The molecule has 0 aliphatic rings. The average molecular weight is 315 g/mol. The topological polar surface area (TPSA) is 26.8 Å². The van der Waals surface area contributed by atoms with Crippen LogP contribution in [0.3, 0.4) is 0 Å². The maximum atomic E-state index is 13.2. The summed E-state index contributed by atoms with van der Waals surface area (Å²) in [7, 11) is 7.25. The summed E-state index contributed by atoms with van der Waals surface area (Å²) in [6, 6.07) is 0. The summed E-state index contributed by atoms with van der Waals surface area (Å²) in [5.74, 6) is -6.40. The molecule has 21 heavy (non-hydrogen) atoms. The summed E-state index contributed by atoms with van der Waals surface area (Å²) in [5.41, 5.74) is 0. The molecular formula is C13H25F4N3O. The van der Waals surface area contributed by atoms with Crippen LogP contribution < -0.4 is 0 Å². The molecule has 0 spiro atoms. The molecule has 0 aliphatic carbocycles. The molecule has 0 fully saturated rings. The third-order valence-electron chi connectivity index (χ3n) is 2.91. The second-order valence-corrected chi connectivity index (χ2v) is 5.53. The van der Waals surface area contributed by atoms with Crippen molar-refractivity contribution in [1.82, 2.24) is 14.7 Å². The second kappa shape index (κ2) is 9.19. The van der Waals surface area contributed by atoms with E-state index in [1.54, 1.807) is 0 Å². The molecule has 0 aliphatic heterocycles. The van der Waals surface area contributed by atoms with Crippen LogP contribution in [0.4, 0.5) is 17.6 Å². The van der Waals surface area contributed by atoms with Gasteiger partial charge in [-0.15, -0.1) is 0 Å². The summed E-state index contributed by atoms with van der Waals surface area (Å²) >= 11 is 0. The summed E-state index contributed by atoms with van der Waals surface area (Å²) in [6.45, 7) is 1.29. The summed E-state index contributed by atoms with van der Waals surface area (Å²) in [5, 5.41) is 0. The van der Waals surface area contributed by atoms with E-state index in [9.17, 15) is 22.4 Å². The van der Waals surface area contributed by atoms with E-state index in [1.807, 2.05) is 38.0 Å². The number of amides is 1. The number of hydrogen-bond acceptors (Lipinski definition) is 3. The van der Waals surface area contributed by atoms with Crippen molar-refractivity contribution in [3.05, 3.63) is 0 Å². The molecule has 0 rings (SSSR count). The van der Waals surface area contributed by atoms with Crippen LogP contribution in [-0.4, -0.2) is 87.3 Å². The van der Waals surface area contributed by atoms with Gasteiger partial charge in [0.25, 0.3) is 5.91 Å². The number of carbonyl (C=O) groups is 1. The van der Waals surface area contributed by atoms with Gasteiger partial charge in [0.2, 0.25) is 0 Å². The third-order valence-corrected chi connectivity index (χ3v) is 2.91. The highest BCUT2D eigenvalue weighted by atomic mass is 19.3. The Bertz CT molecular complexity index is 298. The molecule has 126 valence electrons. The van der Waals surface area contributed by atoms with E-state index in [0.29, 0.717) is 25.9 Å². The first-order valence-corrected chi connectivity index (χ1v) is 6.83. The Hall–Kier alpha value is -0.890. The molecule has 0 aromatic heterocycles. The quantitative estimate of drug-likeness (QED) is 0.573. The predicted octanol–water partition coefficient (Wildman–Crippen LogP) is 1.62. The molecule has 0 saturated heterocycles. The van der Waals surface area contributed by atoms with Gasteiger partial charge >= 0.3 is 12.3 Å². The Morgan fingerprint density at radius 1 is 0.905 bits per heavy atom. The van der Waals surface area contributed by atoms with Crippen LogP contribution in [-0.2, 0) is 4.79 Å². The molecule has 0 saturated carbocycles.